The van der Waals surface area contributed by atoms with Crippen LogP contribution in [0.4, 0.5) is 13.2 Å². The van der Waals surface area contributed by atoms with Crippen LogP contribution in [0.5, 0.6) is 0 Å². The van der Waals surface area contributed by atoms with E-state index in [9.17, 15) is 27.6 Å². The maximum Gasteiger partial charge on any atom is 0.471 e. The van der Waals surface area contributed by atoms with E-state index in [0.717, 1.165) is 12.3 Å². The Morgan fingerprint density at radius 3 is 2.52 bits per heavy atom. The van der Waals surface area contributed by atoms with Gasteiger partial charge in [0.25, 0.3) is 0 Å². The number of esters is 1. The maximum atomic E-state index is 12.5. The van der Waals surface area contributed by atoms with E-state index in [1.807, 2.05) is 0 Å². The van der Waals surface area contributed by atoms with Crippen molar-refractivity contribution in [3.8, 4) is 0 Å². The first kappa shape index (κ1) is 18.4. The van der Waals surface area contributed by atoms with Crippen LogP contribution in [0.2, 0.25) is 0 Å². The standard InChI is InChI=1S/C13H13F3N2O5/c1-2-23-11(21)8-3-4-17-9(5-8)6-18(7-10(19)20)12(22)13(14,15)16/h3-5H,2,6-7H2,1H3,(H,19,20). The second-order valence-corrected chi connectivity index (χ2v) is 4.31. The zero-order valence-electron chi connectivity index (χ0n) is 12.0. The molecule has 1 N–H and O–H groups in total. The lowest BCUT2D eigenvalue weighted by atomic mass is 10.2. The molecule has 1 amide bonds. The Balaban J connectivity index is 3.00. The van der Waals surface area contributed by atoms with E-state index in [0.29, 0.717) is 0 Å². The third-order valence-corrected chi connectivity index (χ3v) is 2.54. The van der Waals surface area contributed by atoms with Crippen molar-refractivity contribution in [2.45, 2.75) is 19.6 Å². The number of ether oxygens (including phenoxy) is 1. The van der Waals surface area contributed by atoms with Gasteiger partial charge >= 0.3 is 24.0 Å². The number of alkyl halides is 3. The first-order valence-electron chi connectivity index (χ1n) is 6.35. The first-order valence-corrected chi connectivity index (χ1v) is 6.35. The number of pyridine rings is 1. The van der Waals surface area contributed by atoms with Gasteiger partial charge in [-0.25, -0.2) is 4.79 Å². The summed E-state index contributed by atoms with van der Waals surface area (Å²) >= 11 is 0. The van der Waals surface area contributed by atoms with E-state index >= 15 is 0 Å². The second kappa shape index (κ2) is 7.56. The minimum absolute atomic E-state index is 0.0339. The first-order chi connectivity index (χ1) is 10.6. The normalized spacial score (nSPS) is 11.0. The fourth-order valence-electron chi connectivity index (χ4n) is 1.64. The van der Waals surface area contributed by atoms with E-state index in [2.05, 4.69) is 4.98 Å². The fourth-order valence-corrected chi connectivity index (χ4v) is 1.64. The van der Waals surface area contributed by atoms with Crippen LogP contribution in [0, 0.1) is 0 Å². The van der Waals surface area contributed by atoms with E-state index < -0.39 is 37.1 Å². The Hall–Kier alpha value is -2.65. The molecule has 0 saturated heterocycles. The van der Waals surface area contributed by atoms with Gasteiger partial charge in [0.1, 0.15) is 6.54 Å². The number of halogens is 3. The van der Waals surface area contributed by atoms with Crippen molar-refractivity contribution < 1.29 is 37.4 Å². The molecule has 1 rings (SSSR count). The topological polar surface area (TPSA) is 96.8 Å². The van der Waals surface area contributed by atoms with Crippen molar-refractivity contribution in [3.05, 3.63) is 29.6 Å². The minimum Gasteiger partial charge on any atom is -0.480 e. The number of hydrogen-bond acceptors (Lipinski definition) is 5. The molecule has 0 atom stereocenters. The van der Waals surface area contributed by atoms with Gasteiger partial charge in [-0.3, -0.25) is 14.6 Å². The molecular formula is C13H13F3N2O5. The molecule has 0 aromatic carbocycles. The van der Waals surface area contributed by atoms with Gasteiger partial charge in [-0.2, -0.15) is 13.2 Å². The molecule has 0 fully saturated rings. The Bertz CT molecular complexity index is 604. The molecule has 1 heterocycles. The summed E-state index contributed by atoms with van der Waals surface area (Å²) < 4.78 is 42.2. The molecule has 126 valence electrons. The average Bonchev–Trinajstić information content (AvgIpc) is 2.45. The van der Waals surface area contributed by atoms with Crippen LogP contribution in [-0.4, -0.2) is 52.2 Å². The predicted molar refractivity (Wildman–Crippen MR) is 69.3 cm³/mol. The molecule has 1 aromatic heterocycles. The van der Waals surface area contributed by atoms with Crippen molar-refractivity contribution in [3.63, 3.8) is 0 Å². The lowest BCUT2D eigenvalue weighted by molar-refractivity contribution is -0.187. The van der Waals surface area contributed by atoms with Crippen LogP contribution in [0.15, 0.2) is 18.3 Å². The molecule has 1 aromatic rings. The Kier molecular flexibility index (Phi) is 6.05. The largest absolute Gasteiger partial charge is 0.480 e. The highest BCUT2D eigenvalue weighted by molar-refractivity contribution is 5.89. The summed E-state index contributed by atoms with van der Waals surface area (Å²) in [5.41, 5.74) is -0.0408. The van der Waals surface area contributed by atoms with Crippen LogP contribution in [-0.2, 0) is 20.9 Å². The van der Waals surface area contributed by atoms with E-state index in [1.54, 1.807) is 6.92 Å². The van der Waals surface area contributed by atoms with Gasteiger partial charge in [-0.1, -0.05) is 0 Å². The van der Waals surface area contributed by atoms with E-state index in [4.69, 9.17) is 9.84 Å². The Morgan fingerprint density at radius 2 is 2.00 bits per heavy atom. The van der Waals surface area contributed by atoms with Crippen molar-refractivity contribution in [1.82, 2.24) is 9.88 Å². The van der Waals surface area contributed by atoms with Gasteiger partial charge < -0.3 is 14.7 Å². The van der Waals surface area contributed by atoms with Gasteiger partial charge in [0, 0.05) is 6.20 Å². The van der Waals surface area contributed by atoms with Crippen LogP contribution < -0.4 is 0 Å². The molecule has 0 aliphatic rings. The number of rotatable bonds is 6. The molecule has 0 spiro atoms. The molecule has 7 nitrogen and oxygen atoms in total. The Morgan fingerprint density at radius 1 is 1.35 bits per heavy atom. The number of hydrogen-bond donors (Lipinski definition) is 1. The highest BCUT2D eigenvalue weighted by atomic mass is 19.4. The summed E-state index contributed by atoms with van der Waals surface area (Å²) in [5, 5.41) is 8.63. The summed E-state index contributed by atoms with van der Waals surface area (Å²) in [5.74, 6) is -4.62. The van der Waals surface area contributed by atoms with Crippen LogP contribution in [0.25, 0.3) is 0 Å². The summed E-state index contributed by atoms with van der Waals surface area (Å²) in [6, 6.07) is 2.42. The number of amides is 1. The Labute approximate surface area is 128 Å². The number of aromatic nitrogens is 1. The number of aliphatic carboxylic acids is 1. The highest BCUT2D eigenvalue weighted by Crippen LogP contribution is 2.20. The molecule has 0 radical (unpaired) electrons. The van der Waals surface area contributed by atoms with Crippen molar-refractivity contribution >= 4 is 17.8 Å². The highest BCUT2D eigenvalue weighted by Gasteiger charge is 2.43. The van der Waals surface area contributed by atoms with Gasteiger partial charge in [-0.05, 0) is 19.1 Å². The number of nitrogens with zero attached hydrogens (tertiary/aromatic N) is 2. The van der Waals surface area contributed by atoms with Crippen molar-refractivity contribution in [2.24, 2.45) is 0 Å². The smallest absolute Gasteiger partial charge is 0.471 e. The molecule has 0 unspecified atom stereocenters. The van der Waals surface area contributed by atoms with Gasteiger partial charge in [-0.15, -0.1) is 0 Å². The number of carbonyl (C=O) groups is 3. The fraction of sp³-hybridized carbons (Fsp3) is 0.385. The van der Waals surface area contributed by atoms with Crippen molar-refractivity contribution in [1.29, 1.82) is 0 Å². The zero-order valence-corrected chi connectivity index (χ0v) is 12.0. The summed E-state index contributed by atoms with van der Waals surface area (Å²) in [7, 11) is 0. The SMILES string of the molecule is CCOC(=O)c1ccnc(CN(CC(=O)O)C(=O)C(F)(F)F)c1. The predicted octanol–water partition coefficient (Wildman–Crippen LogP) is 1.23. The zero-order chi connectivity index (χ0) is 17.6. The second-order valence-electron chi connectivity index (χ2n) is 4.31. The third kappa shape index (κ3) is 5.57. The molecular weight excluding hydrogens is 321 g/mol. The van der Waals surface area contributed by atoms with Crippen LogP contribution in [0.3, 0.4) is 0 Å². The minimum atomic E-state index is -5.21. The summed E-state index contributed by atoms with van der Waals surface area (Å²) in [4.78, 5) is 37.2. The summed E-state index contributed by atoms with van der Waals surface area (Å²) in [6.07, 6.45) is -4.06. The summed E-state index contributed by atoms with van der Waals surface area (Å²) in [6.45, 7) is -0.174. The molecule has 0 saturated carbocycles. The molecule has 0 bridgehead atoms. The van der Waals surface area contributed by atoms with E-state index in [-0.39, 0.29) is 22.8 Å². The number of carbonyl (C=O) groups excluding carboxylic acids is 2. The lowest BCUT2D eigenvalue weighted by Gasteiger charge is -2.21. The maximum absolute atomic E-state index is 12.5. The quantitative estimate of drug-likeness (QED) is 0.786. The van der Waals surface area contributed by atoms with Gasteiger partial charge in [0.15, 0.2) is 0 Å². The number of carboxylic acid groups (broad SMARTS) is 1. The van der Waals surface area contributed by atoms with Gasteiger partial charge in [0.2, 0.25) is 0 Å². The molecule has 23 heavy (non-hydrogen) atoms. The molecule has 10 heteroatoms. The van der Waals surface area contributed by atoms with Crippen LogP contribution >= 0.6 is 0 Å². The number of carboxylic acids is 1. The average molecular weight is 334 g/mol. The van der Waals surface area contributed by atoms with Crippen molar-refractivity contribution in [2.75, 3.05) is 13.2 Å². The van der Waals surface area contributed by atoms with Gasteiger partial charge in [0.05, 0.1) is 24.4 Å². The van der Waals surface area contributed by atoms with Crippen LogP contribution in [0.1, 0.15) is 23.0 Å². The molecule has 0 aliphatic heterocycles. The van der Waals surface area contributed by atoms with E-state index in [1.165, 1.54) is 6.07 Å². The lowest BCUT2D eigenvalue weighted by Crippen LogP contribution is -2.43. The third-order valence-electron chi connectivity index (χ3n) is 2.54. The monoisotopic (exact) mass is 334 g/mol. The molecule has 0 aliphatic carbocycles.